The Morgan fingerprint density at radius 3 is 1.54 bits per heavy atom. The molecule has 1 saturated heterocycles. The van der Waals surface area contributed by atoms with Crippen LogP contribution in [0.1, 0.15) is 109 Å². The van der Waals surface area contributed by atoms with Crippen LogP contribution in [-0.4, -0.2) is 63.0 Å². The number of rotatable bonds is 1. The monoisotopic (exact) mass is 522 g/mol. The van der Waals surface area contributed by atoms with Gasteiger partial charge in [0.2, 0.25) is 0 Å². The molecule has 6 atom stereocenters. The van der Waals surface area contributed by atoms with Crippen molar-refractivity contribution in [3.63, 3.8) is 0 Å². The van der Waals surface area contributed by atoms with Crippen LogP contribution < -0.4 is 0 Å². The molecule has 1 heterocycles. The van der Waals surface area contributed by atoms with Crippen molar-refractivity contribution in [2.75, 3.05) is 0 Å². The maximum absolute atomic E-state index is 10.4. The molecule has 1 aliphatic heterocycles. The predicted molar refractivity (Wildman–Crippen MR) is 145 cm³/mol. The van der Waals surface area contributed by atoms with E-state index in [2.05, 4.69) is 4.89 Å². The van der Waals surface area contributed by atoms with Crippen LogP contribution in [0.4, 0.5) is 0 Å². The van der Waals surface area contributed by atoms with Gasteiger partial charge in [-0.2, -0.15) is 0 Å². The first kappa shape index (κ1) is 31.9. The lowest BCUT2D eigenvalue weighted by atomic mass is 9.95. The molecule has 5 aliphatic carbocycles. The standard InChI is InChI=1S/C6H10O2.C6H12O2.2C6H10O.C6H8O/c7-8-6-4-2-1-3-5-6;7-5-3-1-2-4-6(5)8;1-2-4-6-5(3-1)7-6;2*7-6-4-2-1-3-5-6/h2,4,6-7H,1,3,5H2;5-8H,1-4H2;5-6H,1-4H2;2,4,6-7H,1,3,5H2;2,4H,1,3,5H2. The van der Waals surface area contributed by atoms with E-state index in [4.69, 9.17) is 25.3 Å². The topological polar surface area (TPSA) is 120 Å². The Balaban J connectivity index is 0.000000163. The third-order valence-corrected chi connectivity index (χ3v) is 7.28. The van der Waals surface area contributed by atoms with Gasteiger partial charge in [-0.05, 0) is 83.1 Å². The molecule has 37 heavy (non-hydrogen) atoms. The summed E-state index contributed by atoms with van der Waals surface area (Å²) in [6.45, 7) is 0. The van der Waals surface area contributed by atoms with Crippen molar-refractivity contribution in [1.29, 1.82) is 0 Å². The Bertz CT molecular complexity index is 669. The van der Waals surface area contributed by atoms with E-state index in [1.54, 1.807) is 6.08 Å². The van der Waals surface area contributed by atoms with Crippen molar-refractivity contribution in [3.05, 3.63) is 36.5 Å². The molecule has 0 amide bonds. The summed E-state index contributed by atoms with van der Waals surface area (Å²) in [5.74, 6) is 0.284. The second kappa shape index (κ2) is 19.7. The first-order valence-corrected chi connectivity index (χ1v) is 14.5. The van der Waals surface area contributed by atoms with Gasteiger partial charge in [0.1, 0.15) is 6.10 Å². The zero-order chi connectivity index (χ0) is 26.7. The number of aliphatic hydroxyl groups is 3. The minimum Gasteiger partial charge on any atom is -0.390 e. The van der Waals surface area contributed by atoms with E-state index in [-0.39, 0.29) is 18.0 Å². The van der Waals surface area contributed by atoms with Gasteiger partial charge >= 0.3 is 0 Å². The molecule has 3 fully saturated rings. The molecule has 0 aromatic heterocycles. The summed E-state index contributed by atoms with van der Waals surface area (Å²) in [5.41, 5.74) is 0. The van der Waals surface area contributed by atoms with Crippen LogP contribution in [0.15, 0.2) is 36.5 Å². The zero-order valence-corrected chi connectivity index (χ0v) is 22.5. The van der Waals surface area contributed by atoms with Gasteiger partial charge in [-0.25, -0.2) is 4.89 Å². The van der Waals surface area contributed by atoms with Crippen molar-refractivity contribution in [2.45, 2.75) is 146 Å². The van der Waals surface area contributed by atoms with Gasteiger partial charge in [-0.1, -0.05) is 56.1 Å². The van der Waals surface area contributed by atoms with Gasteiger partial charge in [0, 0.05) is 6.42 Å². The second-order valence-corrected chi connectivity index (χ2v) is 10.6. The van der Waals surface area contributed by atoms with E-state index >= 15 is 0 Å². The lowest BCUT2D eigenvalue weighted by Crippen LogP contribution is -2.28. The molecule has 2 saturated carbocycles. The number of ketones is 1. The Morgan fingerprint density at radius 1 is 0.676 bits per heavy atom. The number of hydrogen-bond donors (Lipinski definition) is 4. The number of ether oxygens (including phenoxy) is 1. The van der Waals surface area contributed by atoms with Crippen LogP contribution in [-0.2, 0) is 14.4 Å². The summed E-state index contributed by atoms with van der Waals surface area (Å²) in [6.07, 6.45) is 30.3. The van der Waals surface area contributed by atoms with Crippen LogP contribution in [0.25, 0.3) is 0 Å². The average molecular weight is 523 g/mol. The SMILES string of the molecule is C1CCC2OC2C1.O=C1C=CCCC1.OC1C=CCCC1.OC1CCCCC1O.OOC1C=CCCC1. The normalized spacial score (nSPS) is 33.5. The summed E-state index contributed by atoms with van der Waals surface area (Å²) < 4.78 is 5.28. The van der Waals surface area contributed by atoms with Gasteiger partial charge in [0.05, 0.1) is 30.5 Å². The molecule has 6 unspecified atom stereocenters. The Hall–Kier alpha value is -1.35. The van der Waals surface area contributed by atoms with E-state index in [1.807, 2.05) is 30.4 Å². The molecule has 212 valence electrons. The van der Waals surface area contributed by atoms with Crippen molar-refractivity contribution < 1.29 is 35.0 Å². The summed E-state index contributed by atoms with van der Waals surface area (Å²) in [4.78, 5) is 14.5. The third kappa shape index (κ3) is 15.6. The predicted octanol–water partition coefficient (Wildman–Crippen LogP) is 5.58. The smallest absolute Gasteiger partial charge is 0.155 e. The molecule has 7 heteroatoms. The molecular formula is C30H50O7. The number of allylic oxidation sites excluding steroid dienone is 4. The largest absolute Gasteiger partial charge is 0.390 e. The molecular weight excluding hydrogens is 472 g/mol. The first-order chi connectivity index (χ1) is 18.0. The number of carbonyl (C=O) groups excluding carboxylic acids is 1. The third-order valence-electron chi connectivity index (χ3n) is 7.28. The van der Waals surface area contributed by atoms with E-state index in [1.165, 1.54) is 25.7 Å². The zero-order valence-electron chi connectivity index (χ0n) is 22.5. The number of epoxide rings is 1. The summed E-state index contributed by atoms with van der Waals surface area (Å²) >= 11 is 0. The van der Waals surface area contributed by atoms with Crippen molar-refractivity contribution >= 4 is 5.78 Å². The molecule has 0 bridgehead atoms. The fourth-order valence-corrected chi connectivity index (χ4v) is 4.83. The first-order valence-electron chi connectivity index (χ1n) is 14.5. The number of fused-ring (bicyclic) bond motifs is 1. The molecule has 6 aliphatic rings. The highest BCUT2D eigenvalue weighted by molar-refractivity contribution is 5.90. The number of carbonyl (C=O) groups is 1. The maximum Gasteiger partial charge on any atom is 0.155 e. The highest BCUT2D eigenvalue weighted by atomic mass is 17.1. The van der Waals surface area contributed by atoms with Gasteiger partial charge < -0.3 is 20.1 Å². The molecule has 4 N–H and O–H groups in total. The van der Waals surface area contributed by atoms with E-state index in [0.717, 1.165) is 83.5 Å². The summed E-state index contributed by atoms with van der Waals surface area (Å²) in [7, 11) is 0. The van der Waals surface area contributed by atoms with Gasteiger partial charge in [0.25, 0.3) is 0 Å². The highest BCUT2D eigenvalue weighted by Crippen LogP contribution is 2.35. The lowest BCUT2D eigenvalue weighted by Gasteiger charge is -2.22. The highest BCUT2D eigenvalue weighted by Gasteiger charge is 2.39. The fraction of sp³-hybridized carbons (Fsp3) is 0.767. The maximum atomic E-state index is 10.4. The van der Waals surface area contributed by atoms with E-state index in [9.17, 15) is 4.79 Å². The Kier molecular flexibility index (Phi) is 16.9. The second-order valence-electron chi connectivity index (χ2n) is 10.6. The molecule has 0 radical (unpaired) electrons. The molecule has 6 rings (SSSR count). The summed E-state index contributed by atoms with van der Waals surface area (Å²) in [5, 5.41) is 34.8. The van der Waals surface area contributed by atoms with Gasteiger partial charge in [-0.15, -0.1) is 0 Å². The average Bonchev–Trinajstić information content (AvgIpc) is 3.73. The lowest BCUT2D eigenvalue weighted by molar-refractivity contribution is -0.267. The van der Waals surface area contributed by atoms with Crippen molar-refractivity contribution in [1.82, 2.24) is 0 Å². The number of aliphatic hydroxyl groups excluding tert-OH is 3. The molecule has 7 nitrogen and oxygen atoms in total. The van der Waals surface area contributed by atoms with Crippen molar-refractivity contribution in [2.24, 2.45) is 0 Å². The number of hydrogen-bond acceptors (Lipinski definition) is 7. The van der Waals surface area contributed by atoms with Crippen LogP contribution in [0.2, 0.25) is 0 Å². The van der Waals surface area contributed by atoms with E-state index < -0.39 is 12.2 Å². The Morgan fingerprint density at radius 2 is 1.24 bits per heavy atom. The summed E-state index contributed by atoms with van der Waals surface area (Å²) in [6, 6.07) is 0. The van der Waals surface area contributed by atoms with Crippen LogP contribution >= 0.6 is 0 Å². The van der Waals surface area contributed by atoms with Crippen LogP contribution in [0, 0.1) is 0 Å². The van der Waals surface area contributed by atoms with E-state index in [0.29, 0.717) is 12.2 Å². The quantitative estimate of drug-likeness (QED) is 0.154. The Labute approximate surface area is 223 Å². The van der Waals surface area contributed by atoms with Gasteiger partial charge in [0.15, 0.2) is 5.78 Å². The van der Waals surface area contributed by atoms with Crippen molar-refractivity contribution in [3.8, 4) is 0 Å². The van der Waals surface area contributed by atoms with Gasteiger partial charge in [-0.3, -0.25) is 10.1 Å². The molecule has 0 spiro atoms. The van der Waals surface area contributed by atoms with Crippen LogP contribution in [0.3, 0.4) is 0 Å². The molecule has 0 aromatic rings. The minimum atomic E-state index is -0.441. The fourth-order valence-electron chi connectivity index (χ4n) is 4.83. The minimum absolute atomic E-state index is 0.0382. The molecule has 0 aromatic carbocycles. The van der Waals surface area contributed by atoms with Crippen LogP contribution in [0.5, 0.6) is 0 Å².